The molecule has 0 aromatic heterocycles. The molecule has 2 aromatic carbocycles. The number of rotatable bonds is 7. The smallest absolute Gasteiger partial charge is 0.329 e. The number of carbonyl (C=O) groups excluding carboxylic acids is 2. The summed E-state index contributed by atoms with van der Waals surface area (Å²) in [6, 6.07) is 10.3. The topological polar surface area (TPSA) is 89.0 Å². The Bertz CT molecular complexity index is 887. The van der Waals surface area contributed by atoms with Gasteiger partial charge in [-0.15, -0.1) is 0 Å². The molecule has 0 radical (unpaired) electrons. The van der Waals surface area contributed by atoms with Crippen molar-refractivity contribution < 1.29 is 19.1 Å². The van der Waals surface area contributed by atoms with Crippen LogP contribution >= 0.6 is 23.2 Å². The van der Waals surface area contributed by atoms with Crippen molar-refractivity contribution >= 4 is 41.2 Å². The van der Waals surface area contributed by atoms with Gasteiger partial charge < -0.3 is 14.8 Å². The van der Waals surface area contributed by atoms with Crippen LogP contribution in [0.15, 0.2) is 41.5 Å². The first-order valence-corrected chi connectivity index (χ1v) is 8.97. The lowest BCUT2D eigenvalue weighted by atomic mass is 10.1. The lowest BCUT2D eigenvalue weighted by Gasteiger charge is -2.10. The van der Waals surface area contributed by atoms with Crippen LogP contribution < -0.4 is 20.2 Å². The maximum atomic E-state index is 11.8. The van der Waals surface area contributed by atoms with Gasteiger partial charge in [-0.05, 0) is 41.8 Å². The zero-order valence-corrected chi connectivity index (χ0v) is 16.8. The van der Waals surface area contributed by atoms with E-state index in [2.05, 4.69) is 15.8 Å². The SMILES string of the molecule is COc1ccc(CCNC(=O)C(=O)N/N=C\c2ccc(Cl)c(Cl)c2)cc1OC. The molecule has 0 spiro atoms. The summed E-state index contributed by atoms with van der Waals surface area (Å²) in [5, 5.41) is 7.03. The van der Waals surface area contributed by atoms with E-state index in [-0.39, 0.29) is 6.54 Å². The molecule has 0 heterocycles. The highest BCUT2D eigenvalue weighted by molar-refractivity contribution is 6.42. The van der Waals surface area contributed by atoms with E-state index in [4.69, 9.17) is 32.7 Å². The van der Waals surface area contributed by atoms with Crippen molar-refractivity contribution in [2.24, 2.45) is 5.10 Å². The minimum Gasteiger partial charge on any atom is -0.493 e. The molecule has 0 bridgehead atoms. The molecule has 2 N–H and O–H groups in total. The standard InChI is InChI=1S/C19H19Cl2N3O4/c1-27-16-6-4-12(10-17(16)28-2)7-8-22-18(25)19(26)24-23-11-13-3-5-14(20)15(21)9-13/h3-6,9-11H,7-8H2,1-2H3,(H,22,25)(H,24,26)/b23-11-. The molecule has 2 aromatic rings. The van der Waals surface area contributed by atoms with Gasteiger partial charge in [0.1, 0.15) is 0 Å². The molecule has 0 saturated heterocycles. The first-order chi connectivity index (χ1) is 13.4. The number of carbonyl (C=O) groups is 2. The summed E-state index contributed by atoms with van der Waals surface area (Å²) in [6.07, 6.45) is 1.88. The zero-order chi connectivity index (χ0) is 20.5. The van der Waals surface area contributed by atoms with Gasteiger partial charge >= 0.3 is 11.8 Å². The average Bonchev–Trinajstić information content (AvgIpc) is 2.70. The molecule has 2 amide bonds. The molecule has 0 aliphatic carbocycles. The number of hydrogen-bond acceptors (Lipinski definition) is 5. The first kappa shape index (κ1) is 21.5. The number of benzene rings is 2. The van der Waals surface area contributed by atoms with Crippen LogP contribution in [0.4, 0.5) is 0 Å². The van der Waals surface area contributed by atoms with Gasteiger partial charge in [-0.3, -0.25) is 9.59 Å². The van der Waals surface area contributed by atoms with Gasteiger partial charge in [-0.25, -0.2) is 5.43 Å². The molecule has 7 nitrogen and oxygen atoms in total. The Kier molecular flexibility index (Phi) is 8.10. The molecule has 0 saturated carbocycles. The van der Waals surface area contributed by atoms with Gasteiger partial charge in [0.15, 0.2) is 11.5 Å². The maximum Gasteiger partial charge on any atom is 0.329 e. The van der Waals surface area contributed by atoms with E-state index in [1.807, 2.05) is 12.1 Å². The maximum absolute atomic E-state index is 11.8. The highest BCUT2D eigenvalue weighted by atomic mass is 35.5. The van der Waals surface area contributed by atoms with E-state index in [1.54, 1.807) is 38.5 Å². The fourth-order valence-corrected chi connectivity index (χ4v) is 2.55. The van der Waals surface area contributed by atoms with E-state index in [0.29, 0.717) is 33.5 Å². The van der Waals surface area contributed by atoms with Crippen LogP contribution in [0, 0.1) is 0 Å². The van der Waals surface area contributed by atoms with Crippen molar-refractivity contribution in [1.82, 2.24) is 10.7 Å². The van der Waals surface area contributed by atoms with Crippen molar-refractivity contribution in [2.45, 2.75) is 6.42 Å². The van der Waals surface area contributed by atoms with Crippen molar-refractivity contribution in [3.8, 4) is 11.5 Å². The quantitative estimate of drug-likeness (QED) is 0.407. The lowest BCUT2D eigenvalue weighted by Crippen LogP contribution is -2.38. The molecule has 0 aliphatic heterocycles. The van der Waals surface area contributed by atoms with Gasteiger partial charge in [0, 0.05) is 6.54 Å². The number of hydrazone groups is 1. The third kappa shape index (κ3) is 6.14. The molecule has 0 atom stereocenters. The number of ether oxygens (including phenoxy) is 2. The van der Waals surface area contributed by atoms with Crippen LogP contribution in [-0.2, 0) is 16.0 Å². The number of nitrogens with zero attached hydrogens (tertiary/aromatic N) is 1. The second-order valence-corrected chi connectivity index (χ2v) is 6.38. The molecule has 2 rings (SSSR count). The number of hydrogen-bond donors (Lipinski definition) is 2. The second-order valence-electron chi connectivity index (χ2n) is 5.57. The van der Waals surface area contributed by atoms with Gasteiger partial charge in [-0.2, -0.15) is 5.10 Å². The van der Waals surface area contributed by atoms with E-state index in [9.17, 15) is 9.59 Å². The Hall–Kier alpha value is -2.77. The Balaban J connectivity index is 1.80. The Labute approximate surface area is 172 Å². The number of nitrogens with one attached hydrogen (secondary N) is 2. The minimum atomic E-state index is -0.872. The zero-order valence-electron chi connectivity index (χ0n) is 15.3. The predicted molar refractivity (Wildman–Crippen MR) is 108 cm³/mol. The van der Waals surface area contributed by atoms with Gasteiger partial charge in [-0.1, -0.05) is 35.3 Å². The third-order valence-corrected chi connectivity index (χ3v) is 4.42. The summed E-state index contributed by atoms with van der Waals surface area (Å²) in [5.74, 6) is -0.439. The van der Waals surface area contributed by atoms with Crippen LogP contribution in [0.5, 0.6) is 11.5 Å². The molecule has 0 unspecified atom stereocenters. The summed E-state index contributed by atoms with van der Waals surface area (Å²) < 4.78 is 10.4. The Morgan fingerprint density at radius 2 is 1.75 bits per heavy atom. The van der Waals surface area contributed by atoms with Crippen LogP contribution in [0.1, 0.15) is 11.1 Å². The van der Waals surface area contributed by atoms with Crippen LogP contribution in [-0.4, -0.2) is 38.8 Å². The van der Waals surface area contributed by atoms with Gasteiger partial charge in [0.2, 0.25) is 0 Å². The molecular formula is C19H19Cl2N3O4. The van der Waals surface area contributed by atoms with E-state index in [0.717, 1.165) is 5.56 Å². The summed E-state index contributed by atoms with van der Waals surface area (Å²) in [4.78, 5) is 23.6. The van der Waals surface area contributed by atoms with Crippen LogP contribution in [0.3, 0.4) is 0 Å². The van der Waals surface area contributed by atoms with Crippen molar-refractivity contribution in [3.63, 3.8) is 0 Å². The fraction of sp³-hybridized carbons (Fsp3) is 0.211. The Morgan fingerprint density at radius 3 is 2.43 bits per heavy atom. The normalized spacial score (nSPS) is 10.6. The Morgan fingerprint density at radius 1 is 1.00 bits per heavy atom. The molecule has 28 heavy (non-hydrogen) atoms. The van der Waals surface area contributed by atoms with E-state index >= 15 is 0 Å². The molecule has 0 fully saturated rings. The average molecular weight is 424 g/mol. The molecule has 0 aliphatic rings. The van der Waals surface area contributed by atoms with Crippen LogP contribution in [0.25, 0.3) is 0 Å². The van der Waals surface area contributed by atoms with Crippen LogP contribution in [0.2, 0.25) is 10.0 Å². The molecule has 9 heteroatoms. The monoisotopic (exact) mass is 423 g/mol. The van der Waals surface area contributed by atoms with E-state index < -0.39 is 11.8 Å². The number of methoxy groups -OCH3 is 2. The van der Waals surface area contributed by atoms with Crippen molar-refractivity contribution in [3.05, 3.63) is 57.6 Å². The summed E-state index contributed by atoms with van der Waals surface area (Å²) >= 11 is 11.7. The fourth-order valence-electron chi connectivity index (χ4n) is 2.25. The first-order valence-electron chi connectivity index (χ1n) is 8.21. The van der Waals surface area contributed by atoms with Gasteiger partial charge in [0.05, 0.1) is 30.5 Å². The number of halogens is 2. The predicted octanol–water partition coefficient (Wildman–Crippen LogP) is 2.82. The molecule has 148 valence electrons. The van der Waals surface area contributed by atoms with Crippen molar-refractivity contribution in [1.29, 1.82) is 0 Å². The van der Waals surface area contributed by atoms with Crippen molar-refractivity contribution in [2.75, 3.05) is 20.8 Å². The minimum absolute atomic E-state index is 0.276. The summed E-state index contributed by atoms with van der Waals surface area (Å²) in [6.45, 7) is 0.276. The van der Waals surface area contributed by atoms with Gasteiger partial charge in [0.25, 0.3) is 0 Å². The molecular weight excluding hydrogens is 405 g/mol. The highest BCUT2D eigenvalue weighted by Crippen LogP contribution is 2.27. The summed E-state index contributed by atoms with van der Waals surface area (Å²) in [7, 11) is 3.10. The van der Waals surface area contributed by atoms with E-state index in [1.165, 1.54) is 6.21 Å². The lowest BCUT2D eigenvalue weighted by molar-refractivity contribution is -0.139. The highest BCUT2D eigenvalue weighted by Gasteiger charge is 2.12. The number of amides is 2. The largest absolute Gasteiger partial charge is 0.493 e. The third-order valence-electron chi connectivity index (χ3n) is 3.68. The summed E-state index contributed by atoms with van der Waals surface area (Å²) in [5.41, 5.74) is 3.71. The second kappa shape index (κ2) is 10.5.